The molecule has 3 N–H and O–H groups in total. The van der Waals surface area contributed by atoms with E-state index in [2.05, 4.69) is 21.8 Å². The third-order valence-corrected chi connectivity index (χ3v) is 9.23. The molecule has 4 aromatic carbocycles. The summed E-state index contributed by atoms with van der Waals surface area (Å²) in [5.41, 5.74) is 10.7. The molecule has 0 aliphatic carbocycles. The van der Waals surface area contributed by atoms with Crippen LogP contribution in [0.25, 0.3) is 21.8 Å². The Kier molecular flexibility index (Phi) is 9.63. The molecule has 9 nitrogen and oxygen atoms in total. The van der Waals surface area contributed by atoms with Gasteiger partial charge in [0.05, 0.1) is 18.0 Å². The number of esters is 1. The van der Waals surface area contributed by atoms with Crippen LogP contribution < -0.4 is 10.5 Å². The predicted molar refractivity (Wildman–Crippen MR) is 186 cm³/mol. The fourth-order valence-corrected chi connectivity index (χ4v) is 6.89. The summed E-state index contributed by atoms with van der Waals surface area (Å²) in [6.45, 7) is 2.01. The molecular weight excluding hydrogens is 611 g/mol. The Bertz CT molecular complexity index is 2120. The van der Waals surface area contributed by atoms with Gasteiger partial charge in [0.25, 0.3) is 0 Å². The number of aromatic nitrogens is 2. The first-order valence-electron chi connectivity index (χ1n) is 15.4. The lowest BCUT2D eigenvalue weighted by Gasteiger charge is -2.17. The van der Waals surface area contributed by atoms with Crippen molar-refractivity contribution >= 4 is 43.5 Å². The molecule has 0 fully saturated rings. The smallest absolute Gasteiger partial charge is 0.355 e. The molecule has 0 radical (unpaired) electrons. The number of nitrogens with zero attached hydrogens (tertiary/aromatic N) is 3. The first kappa shape index (κ1) is 31.9. The second kappa shape index (κ2) is 14.2. The third kappa shape index (κ3) is 7.86. The minimum Gasteiger partial charge on any atom is -0.460 e. The Hall–Kier alpha value is -5.03. The number of likely N-dealkylation sites (N-methyl/N-ethyl adjacent to an activating group) is 1. The lowest BCUT2D eigenvalue weighted by molar-refractivity contribution is 0.0459. The molecular formula is C37H37N5O4S. The van der Waals surface area contributed by atoms with Gasteiger partial charge in [0.1, 0.15) is 17.9 Å². The van der Waals surface area contributed by atoms with E-state index in [1.807, 2.05) is 96.5 Å². The molecule has 0 unspecified atom stereocenters. The van der Waals surface area contributed by atoms with Gasteiger partial charge in [-0.25, -0.2) is 18.2 Å². The molecule has 0 saturated carbocycles. The van der Waals surface area contributed by atoms with Crippen molar-refractivity contribution in [2.45, 2.75) is 25.4 Å². The molecule has 6 rings (SSSR count). The van der Waals surface area contributed by atoms with Gasteiger partial charge in [-0.15, -0.1) is 0 Å². The van der Waals surface area contributed by atoms with E-state index in [0.717, 1.165) is 28.3 Å². The van der Waals surface area contributed by atoms with Crippen LogP contribution in [0.1, 0.15) is 32.9 Å². The predicted octanol–water partition coefficient (Wildman–Crippen LogP) is 5.93. The number of pyridine rings is 1. The average Bonchev–Trinajstić information content (AvgIpc) is 3.42. The highest BCUT2D eigenvalue weighted by atomic mass is 32.2. The van der Waals surface area contributed by atoms with Crippen molar-refractivity contribution < 1.29 is 17.9 Å². The molecule has 2 aromatic heterocycles. The number of fused-ring (bicyclic) bond motifs is 2. The van der Waals surface area contributed by atoms with Gasteiger partial charge < -0.3 is 15.0 Å². The maximum absolute atomic E-state index is 13.6. The number of carbonyl (C=O) groups excluding carboxylic acids is 1. The monoisotopic (exact) mass is 647 g/mol. The van der Waals surface area contributed by atoms with Gasteiger partial charge in [-0.2, -0.15) is 0 Å². The molecule has 0 spiro atoms. The van der Waals surface area contributed by atoms with Crippen molar-refractivity contribution in [3.63, 3.8) is 0 Å². The Labute approximate surface area is 274 Å². The number of nitrogens with one attached hydrogen (secondary N) is 1. The standard InChI is InChI=1S/C37H37N5O4S/c1-41(24-27-10-4-2-5-11-27)18-19-46-37(43)35-22-30-16-17-32(23-38)39-36(30)42(35)25-31-21-33(20-29-14-8-9-15-34(29)31)40-47(44,45)26-28-12-6-3-7-13-28/h2-17,20-22,40H,18-19,23-26,38H2,1H3. The molecule has 0 saturated heterocycles. The molecule has 2 heterocycles. The van der Waals surface area contributed by atoms with Crippen LogP contribution in [0.15, 0.2) is 115 Å². The first-order chi connectivity index (χ1) is 22.8. The van der Waals surface area contributed by atoms with Crippen LogP contribution in [0.5, 0.6) is 0 Å². The van der Waals surface area contributed by atoms with Gasteiger partial charge >= 0.3 is 5.97 Å². The Morgan fingerprint density at radius 3 is 2.32 bits per heavy atom. The number of hydrogen-bond donors (Lipinski definition) is 2. The van der Waals surface area contributed by atoms with E-state index in [0.29, 0.717) is 34.8 Å². The quantitative estimate of drug-likeness (QED) is 0.149. The van der Waals surface area contributed by atoms with Crippen LogP contribution in [0.2, 0.25) is 0 Å². The molecule has 240 valence electrons. The fourth-order valence-electron chi connectivity index (χ4n) is 5.71. The summed E-state index contributed by atoms with van der Waals surface area (Å²) in [6.07, 6.45) is 0. The number of sulfonamides is 1. The second-order valence-electron chi connectivity index (χ2n) is 11.6. The summed E-state index contributed by atoms with van der Waals surface area (Å²) < 4.78 is 36.7. The van der Waals surface area contributed by atoms with E-state index in [4.69, 9.17) is 15.5 Å². The Balaban J connectivity index is 1.29. The molecule has 6 aromatic rings. The fraction of sp³-hybridized carbons (Fsp3) is 0.189. The molecule has 0 aliphatic heterocycles. The number of hydrogen-bond acceptors (Lipinski definition) is 7. The zero-order chi connectivity index (χ0) is 32.8. The van der Waals surface area contributed by atoms with Gasteiger partial charge in [-0.05, 0) is 64.8 Å². The maximum Gasteiger partial charge on any atom is 0.355 e. The topological polar surface area (TPSA) is 120 Å². The highest BCUT2D eigenvalue weighted by molar-refractivity contribution is 7.91. The summed E-state index contributed by atoms with van der Waals surface area (Å²) in [6, 6.07) is 36.1. The summed E-state index contributed by atoms with van der Waals surface area (Å²) in [7, 11) is -1.71. The zero-order valence-corrected chi connectivity index (χ0v) is 27.0. The Morgan fingerprint density at radius 2 is 1.57 bits per heavy atom. The van der Waals surface area contributed by atoms with Crippen LogP contribution in [0, 0.1) is 0 Å². The highest BCUT2D eigenvalue weighted by Gasteiger charge is 2.21. The average molecular weight is 648 g/mol. The molecule has 0 bridgehead atoms. The first-order valence-corrected chi connectivity index (χ1v) is 17.1. The second-order valence-corrected chi connectivity index (χ2v) is 13.3. The SMILES string of the molecule is CN(CCOC(=O)c1cc2ccc(CN)nc2n1Cc1cc(NS(=O)(=O)Cc2ccccc2)cc2ccccc12)Cc1ccccc1. The van der Waals surface area contributed by atoms with Crippen LogP contribution in [-0.2, 0) is 40.1 Å². The van der Waals surface area contributed by atoms with Gasteiger partial charge in [0.2, 0.25) is 10.0 Å². The largest absolute Gasteiger partial charge is 0.460 e. The van der Waals surface area contributed by atoms with Gasteiger partial charge in [0.15, 0.2) is 0 Å². The van der Waals surface area contributed by atoms with Crippen molar-refractivity contribution in [1.82, 2.24) is 14.5 Å². The van der Waals surface area contributed by atoms with E-state index in [1.165, 1.54) is 5.56 Å². The number of anilines is 1. The molecule has 10 heteroatoms. The number of ether oxygens (including phenoxy) is 1. The van der Waals surface area contributed by atoms with Crippen LogP contribution in [-0.4, -0.2) is 49.0 Å². The normalized spacial score (nSPS) is 11.7. The van der Waals surface area contributed by atoms with Crippen molar-refractivity contribution in [3.05, 3.63) is 143 Å². The summed E-state index contributed by atoms with van der Waals surface area (Å²) in [5, 5.41) is 2.57. The van der Waals surface area contributed by atoms with Crippen molar-refractivity contribution in [1.29, 1.82) is 0 Å². The molecule has 0 atom stereocenters. The van der Waals surface area contributed by atoms with Gasteiger partial charge in [-0.1, -0.05) is 84.9 Å². The van der Waals surface area contributed by atoms with Gasteiger partial charge in [-0.3, -0.25) is 9.62 Å². The van der Waals surface area contributed by atoms with Crippen LogP contribution >= 0.6 is 0 Å². The van der Waals surface area contributed by atoms with E-state index >= 15 is 0 Å². The lowest BCUT2D eigenvalue weighted by Crippen LogP contribution is -2.24. The zero-order valence-electron chi connectivity index (χ0n) is 26.2. The van der Waals surface area contributed by atoms with E-state index in [-0.39, 0.29) is 25.4 Å². The number of rotatable bonds is 13. The minimum absolute atomic E-state index is 0.152. The van der Waals surface area contributed by atoms with Crippen LogP contribution in [0.4, 0.5) is 5.69 Å². The molecule has 0 amide bonds. The molecule has 47 heavy (non-hydrogen) atoms. The van der Waals surface area contributed by atoms with Crippen LogP contribution in [0.3, 0.4) is 0 Å². The van der Waals surface area contributed by atoms with Crippen molar-refractivity contribution in [2.24, 2.45) is 5.73 Å². The highest BCUT2D eigenvalue weighted by Crippen LogP contribution is 2.29. The van der Waals surface area contributed by atoms with Crippen molar-refractivity contribution in [3.8, 4) is 0 Å². The van der Waals surface area contributed by atoms with E-state index in [9.17, 15) is 13.2 Å². The summed E-state index contributed by atoms with van der Waals surface area (Å²) in [5.74, 6) is -0.616. The molecule has 0 aliphatic rings. The van der Waals surface area contributed by atoms with E-state index in [1.54, 1.807) is 18.2 Å². The Morgan fingerprint density at radius 1 is 0.872 bits per heavy atom. The van der Waals surface area contributed by atoms with Crippen molar-refractivity contribution in [2.75, 3.05) is 24.9 Å². The maximum atomic E-state index is 13.6. The van der Waals surface area contributed by atoms with E-state index < -0.39 is 16.0 Å². The third-order valence-electron chi connectivity index (χ3n) is 7.97. The number of carbonyl (C=O) groups is 1. The lowest BCUT2D eigenvalue weighted by atomic mass is 10.0. The minimum atomic E-state index is -3.70. The number of nitrogens with two attached hydrogens (primary N) is 1. The summed E-state index contributed by atoms with van der Waals surface area (Å²) in [4.78, 5) is 20.5. The van der Waals surface area contributed by atoms with Gasteiger partial charge in [0, 0.05) is 30.7 Å². The number of benzene rings is 4. The summed E-state index contributed by atoms with van der Waals surface area (Å²) >= 11 is 0.